The van der Waals surface area contributed by atoms with Gasteiger partial charge < -0.3 is 36.6 Å². The second-order valence-electron chi connectivity index (χ2n) is 7.91. The molecular weight excluding hydrogens is 468 g/mol. The van der Waals surface area contributed by atoms with E-state index in [1.807, 2.05) is 0 Å². The van der Waals surface area contributed by atoms with Gasteiger partial charge in [0.25, 0.3) is 0 Å². The number of carboxylic acid groups (broad SMARTS) is 2. The molecule has 3 amide bonds. The molecule has 2 rings (SSSR count). The number of carboxylic acids is 2. The molecule has 1 heterocycles. The Hall–Kier alpha value is -3.32. The Kier molecular flexibility index (Phi) is 9.69. The van der Waals surface area contributed by atoms with Crippen LogP contribution in [0.5, 0.6) is 5.75 Å². The van der Waals surface area contributed by atoms with Crippen LogP contribution in [0.4, 0.5) is 0 Å². The van der Waals surface area contributed by atoms with Crippen LogP contribution < -0.4 is 16.4 Å². The van der Waals surface area contributed by atoms with Crippen LogP contribution in [0.25, 0.3) is 0 Å². The van der Waals surface area contributed by atoms with Crippen LogP contribution in [0.15, 0.2) is 24.3 Å². The lowest BCUT2D eigenvalue weighted by molar-refractivity contribution is -0.149. The van der Waals surface area contributed by atoms with Crippen LogP contribution in [0.1, 0.15) is 24.8 Å². The third-order valence-corrected chi connectivity index (χ3v) is 5.72. The number of thiol groups is 1. The van der Waals surface area contributed by atoms with Crippen molar-refractivity contribution in [2.75, 3.05) is 12.3 Å². The summed E-state index contributed by atoms with van der Waals surface area (Å²) in [5.74, 6) is -5.03. The van der Waals surface area contributed by atoms with E-state index in [1.54, 1.807) is 12.1 Å². The van der Waals surface area contributed by atoms with E-state index in [0.717, 1.165) is 4.90 Å². The van der Waals surface area contributed by atoms with Crippen molar-refractivity contribution in [2.24, 2.45) is 5.73 Å². The van der Waals surface area contributed by atoms with Gasteiger partial charge in [-0.1, -0.05) is 12.1 Å². The molecule has 7 N–H and O–H groups in total. The highest BCUT2D eigenvalue weighted by molar-refractivity contribution is 7.80. The van der Waals surface area contributed by atoms with Gasteiger partial charge in [-0.2, -0.15) is 12.6 Å². The van der Waals surface area contributed by atoms with Gasteiger partial charge in [0.2, 0.25) is 17.7 Å². The van der Waals surface area contributed by atoms with E-state index in [0.29, 0.717) is 12.0 Å². The molecule has 0 aliphatic carbocycles. The Bertz CT molecular complexity index is 926. The Labute approximate surface area is 200 Å². The molecule has 1 aliphatic heterocycles. The van der Waals surface area contributed by atoms with Gasteiger partial charge in [-0.15, -0.1) is 0 Å². The Morgan fingerprint density at radius 1 is 1.06 bits per heavy atom. The third kappa shape index (κ3) is 7.35. The molecule has 13 heteroatoms. The summed E-state index contributed by atoms with van der Waals surface area (Å²) < 4.78 is 0. The molecule has 0 aromatic heterocycles. The molecule has 4 unspecified atom stereocenters. The van der Waals surface area contributed by atoms with Gasteiger partial charge in [-0.05, 0) is 37.0 Å². The Balaban J connectivity index is 2.05. The summed E-state index contributed by atoms with van der Waals surface area (Å²) in [6, 6.07) is 1.10. The lowest BCUT2D eigenvalue weighted by atomic mass is 10.0. The number of phenolic OH excluding ortho intramolecular Hbond substituents is 1. The van der Waals surface area contributed by atoms with Gasteiger partial charge in [0.15, 0.2) is 0 Å². The van der Waals surface area contributed by atoms with Gasteiger partial charge in [0, 0.05) is 12.3 Å². The maximum Gasteiger partial charge on any atom is 0.326 e. The summed E-state index contributed by atoms with van der Waals surface area (Å²) in [6.07, 6.45) is 0.0761. The SMILES string of the molecule is NC(Cc1ccc(O)cc1)C(=O)NC(CC(=O)O)C(=O)NC(CS)C(=O)N1CCCC1C(=O)O. The first-order valence-corrected chi connectivity index (χ1v) is 11.2. The number of hydrogen-bond acceptors (Lipinski definition) is 8. The minimum Gasteiger partial charge on any atom is -0.508 e. The van der Waals surface area contributed by atoms with Gasteiger partial charge in [0.1, 0.15) is 23.9 Å². The van der Waals surface area contributed by atoms with E-state index in [2.05, 4.69) is 23.3 Å². The van der Waals surface area contributed by atoms with E-state index in [9.17, 15) is 39.3 Å². The lowest BCUT2D eigenvalue weighted by Crippen LogP contribution is -2.58. The molecule has 4 atom stereocenters. The molecule has 34 heavy (non-hydrogen) atoms. The molecule has 12 nitrogen and oxygen atoms in total. The first-order valence-electron chi connectivity index (χ1n) is 10.5. The number of nitrogens with one attached hydrogen (secondary N) is 2. The molecular formula is C21H28N4O8S. The van der Waals surface area contributed by atoms with Crippen molar-refractivity contribution in [3.8, 4) is 5.75 Å². The zero-order valence-corrected chi connectivity index (χ0v) is 19.1. The fourth-order valence-corrected chi connectivity index (χ4v) is 3.83. The second-order valence-corrected chi connectivity index (χ2v) is 8.27. The van der Waals surface area contributed by atoms with Crippen molar-refractivity contribution in [2.45, 2.75) is 49.9 Å². The molecule has 1 aromatic carbocycles. The van der Waals surface area contributed by atoms with E-state index in [-0.39, 0.29) is 30.9 Å². The number of benzene rings is 1. The summed E-state index contributed by atoms with van der Waals surface area (Å²) in [4.78, 5) is 61.8. The molecule has 0 radical (unpaired) electrons. The van der Waals surface area contributed by atoms with Crippen LogP contribution in [0, 0.1) is 0 Å². The summed E-state index contributed by atoms with van der Waals surface area (Å²) in [6.45, 7) is 0.206. The second kappa shape index (κ2) is 12.2. The van der Waals surface area contributed by atoms with Gasteiger partial charge >= 0.3 is 11.9 Å². The molecule has 1 aliphatic rings. The van der Waals surface area contributed by atoms with Crippen LogP contribution in [-0.4, -0.2) is 86.3 Å². The molecule has 1 aromatic rings. The van der Waals surface area contributed by atoms with Crippen molar-refractivity contribution < 1.29 is 39.3 Å². The predicted octanol–water partition coefficient (Wildman–Crippen LogP) is -1.29. The number of nitrogens with two attached hydrogens (primary N) is 1. The monoisotopic (exact) mass is 496 g/mol. The summed E-state index contributed by atoms with van der Waals surface area (Å²) in [5, 5.41) is 32.5. The maximum absolute atomic E-state index is 12.8. The van der Waals surface area contributed by atoms with E-state index < -0.39 is 60.2 Å². The average Bonchev–Trinajstić information content (AvgIpc) is 3.28. The molecule has 186 valence electrons. The molecule has 1 saturated heterocycles. The number of aliphatic carboxylic acids is 2. The number of likely N-dealkylation sites (tertiary alicyclic amines) is 1. The van der Waals surface area contributed by atoms with E-state index in [4.69, 9.17) is 5.73 Å². The van der Waals surface area contributed by atoms with Crippen LogP contribution in [0.3, 0.4) is 0 Å². The predicted molar refractivity (Wildman–Crippen MR) is 122 cm³/mol. The Morgan fingerprint density at radius 3 is 2.24 bits per heavy atom. The highest BCUT2D eigenvalue weighted by Gasteiger charge is 2.38. The molecule has 0 spiro atoms. The maximum atomic E-state index is 12.8. The van der Waals surface area contributed by atoms with Gasteiger partial charge in [0.05, 0.1) is 12.5 Å². The minimum atomic E-state index is -1.53. The normalized spacial score (nSPS) is 17.9. The molecule has 0 saturated carbocycles. The molecule has 1 fully saturated rings. The number of aromatic hydroxyl groups is 1. The third-order valence-electron chi connectivity index (χ3n) is 5.36. The fourth-order valence-electron chi connectivity index (χ4n) is 3.59. The van der Waals surface area contributed by atoms with Crippen LogP contribution >= 0.6 is 12.6 Å². The highest BCUT2D eigenvalue weighted by atomic mass is 32.1. The lowest BCUT2D eigenvalue weighted by Gasteiger charge is -2.28. The zero-order valence-electron chi connectivity index (χ0n) is 18.2. The first kappa shape index (κ1) is 26.9. The molecule has 0 bridgehead atoms. The van der Waals surface area contributed by atoms with Crippen LogP contribution in [-0.2, 0) is 30.4 Å². The smallest absolute Gasteiger partial charge is 0.326 e. The van der Waals surface area contributed by atoms with Crippen molar-refractivity contribution in [1.82, 2.24) is 15.5 Å². The van der Waals surface area contributed by atoms with Crippen molar-refractivity contribution in [3.63, 3.8) is 0 Å². The fraction of sp³-hybridized carbons (Fsp3) is 0.476. The van der Waals surface area contributed by atoms with Crippen molar-refractivity contribution in [3.05, 3.63) is 29.8 Å². The van der Waals surface area contributed by atoms with Crippen molar-refractivity contribution in [1.29, 1.82) is 0 Å². The average molecular weight is 497 g/mol. The summed E-state index contributed by atoms with van der Waals surface area (Å²) >= 11 is 4.06. The standard InChI is InChI=1S/C21H28N4O8S/c22-13(8-11-3-5-12(26)6-4-11)18(29)23-14(9-17(27)28)19(30)24-15(10-34)20(31)25-7-1-2-16(25)21(32)33/h3-6,13-16,26,34H,1-2,7-10,22H2,(H,23,29)(H,24,30)(H,27,28)(H,32,33). The number of carbonyl (C=O) groups is 5. The van der Waals surface area contributed by atoms with Crippen molar-refractivity contribution >= 4 is 42.3 Å². The number of rotatable bonds is 11. The number of nitrogens with zero attached hydrogens (tertiary/aromatic N) is 1. The largest absolute Gasteiger partial charge is 0.508 e. The number of phenols is 1. The van der Waals surface area contributed by atoms with Crippen LogP contribution in [0.2, 0.25) is 0 Å². The topological polar surface area (TPSA) is 199 Å². The minimum absolute atomic E-state index is 0.0388. The summed E-state index contributed by atoms with van der Waals surface area (Å²) in [5.41, 5.74) is 6.52. The van der Waals surface area contributed by atoms with Gasteiger partial charge in [-0.3, -0.25) is 19.2 Å². The highest BCUT2D eigenvalue weighted by Crippen LogP contribution is 2.19. The van der Waals surface area contributed by atoms with E-state index >= 15 is 0 Å². The number of hydrogen-bond donors (Lipinski definition) is 7. The Morgan fingerprint density at radius 2 is 1.68 bits per heavy atom. The van der Waals surface area contributed by atoms with E-state index in [1.165, 1.54) is 12.1 Å². The zero-order chi connectivity index (χ0) is 25.4. The quantitative estimate of drug-likeness (QED) is 0.182. The number of carbonyl (C=O) groups excluding carboxylic acids is 3. The first-order chi connectivity index (χ1) is 16.0. The van der Waals surface area contributed by atoms with Gasteiger partial charge in [-0.25, -0.2) is 4.79 Å². The number of amides is 3. The summed E-state index contributed by atoms with van der Waals surface area (Å²) in [7, 11) is 0.